The largest absolute Gasteiger partial charge is 0.506 e. The number of rotatable bonds is 2. The molecular formula is C13H15ClO4. The summed E-state index contributed by atoms with van der Waals surface area (Å²) in [5, 5.41) is 28.7. The fourth-order valence-corrected chi connectivity index (χ4v) is 2.72. The van der Waals surface area contributed by atoms with E-state index in [1.165, 1.54) is 0 Å². The Hall–Kier alpha value is -1.26. The van der Waals surface area contributed by atoms with Crippen LogP contribution in [-0.2, 0) is 17.6 Å². The molecule has 4 nitrogen and oxygen atoms in total. The topological polar surface area (TPSA) is 77.8 Å². The van der Waals surface area contributed by atoms with Crippen molar-refractivity contribution in [3.05, 3.63) is 27.8 Å². The quantitative estimate of drug-likeness (QED) is 0.721. The number of hydrogen-bond donors (Lipinski definition) is 3. The van der Waals surface area contributed by atoms with Gasteiger partial charge in [0.25, 0.3) is 0 Å². The van der Waals surface area contributed by atoms with Crippen molar-refractivity contribution in [3.63, 3.8) is 0 Å². The van der Waals surface area contributed by atoms with Crippen LogP contribution in [0, 0.1) is 0 Å². The van der Waals surface area contributed by atoms with E-state index in [2.05, 4.69) is 0 Å². The summed E-state index contributed by atoms with van der Waals surface area (Å²) in [5.74, 6) is -1.69. The molecule has 1 aromatic carbocycles. The van der Waals surface area contributed by atoms with Gasteiger partial charge in [-0.15, -0.1) is 0 Å². The molecule has 0 spiro atoms. The summed E-state index contributed by atoms with van der Waals surface area (Å²) in [6, 6.07) is 1.68. The summed E-state index contributed by atoms with van der Waals surface area (Å²) in [5.41, 5.74) is 1.74. The minimum absolute atomic E-state index is 0.0619. The second-order valence-corrected chi connectivity index (χ2v) is 4.97. The van der Waals surface area contributed by atoms with Gasteiger partial charge >= 0.3 is 5.97 Å². The van der Waals surface area contributed by atoms with E-state index in [4.69, 9.17) is 16.7 Å². The standard InChI is InChI=1S/C13H15ClO4/c14-9-6-7-4-2-1-3-5-8(7)10(11(9)15)12(16)13(17)18/h6,12,15-16H,1-5H2,(H,17,18). The number of carbonyl (C=O) groups is 1. The summed E-state index contributed by atoms with van der Waals surface area (Å²) in [7, 11) is 0. The number of phenolic OH excluding ortho intramolecular Hbond substituents is 1. The van der Waals surface area contributed by atoms with Crippen molar-refractivity contribution in [1.82, 2.24) is 0 Å². The van der Waals surface area contributed by atoms with E-state index in [-0.39, 0.29) is 16.3 Å². The van der Waals surface area contributed by atoms with Crippen LogP contribution in [0.3, 0.4) is 0 Å². The number of benzene rings is 1. The molecule has 0 aliphatic heterocycles. The highest BCUT2D eigenvalue weighted by Gasteiger charge is 2.27. The lowest BCUT2D eigenvalue weighted by Gasteiger charge is -2.17. The van der Waals surface area contributed by atoms with Crippen LogP contribution < -0.4 is 0 Å². The Morgan fingerprint density at radius 3 is 2.61 bits per heavy atom. The number of aromatic hydroxyl groups is 1. The molecule has 0 radical (unpaired) electrons. The molecule has 1 aliphatic carbocycles. The van der Waals surface area contributed by atoms with E-state index < -0.39 is 12.1 Å². The van der Waals surface area contributed by atoms with Crippen LogP contribution in [0.15, 0.2) is 6.07 Å². The number of hydrogen-bond acceptors (Lipinski definition) is 3. The van der Waals surface area contributed by atoms with Gasteiger partial charge in [-0.05, 0) is 42.9 Å². The Bertz CT molecular complexity index is 484. The maximum Gasteiger partial charge on any atom is 0.337 e. The van der Waals surface area contributed by atoms with Gasteiger partial charge in [0.15, 0.2) is 6.10 Å². The minimum atomic E-state index is -1.73. The Labute approximate surface area is 110 Å². The van der Waals surface area contributed by atoms with Gasteiger partial charge < -0.3 is 15.3 Å². The van der Waals surface area contributed by atoms with Crippen molar-refractivity contribution in [3.8, 4) is 5.75 Å². The van der Waals surface area contributed by atoms with E-state index in [1.54, 1.807) is 6.07 Å². The zero-order chi connectivity index (χ0) is 13.3. The molecule has 0 saturated carbocycles. The van der Waals surface area contributed by atoms with Gasteiger partial charge in [-0.2, -0.15) is 0 Å². The van der Waals surface area contributed by atoms with Gasteiger partial charge in [0.1, 0.15) is 5.75 Å². The first-order valence-electron chi connectivity index (χ1n) is 5.96. The molecule has 1 aromatic rings. The number of phenols is 1. The monoisotopic (exact) mass is 270 g/mol. The number of fused-ring (bicyclic) bond motifs is 1. The summed E-state index contributed by atoms with van der Waals surface area (Å²) in [6.07, 6.45) is 2.73. The lowest BCUT2D eigenvalue weighted by molar-refractivity contribution is -0.147. The van der Waals surface area contributed by atoms with Crippen LogP contribution in [0.1, 0.15) is 42.1 Å². The Balaban J connectivity index is 2.61. The zero-order valence-corrected chi connectivity index (χ0v) is 10.6. The van der Waals surface area contributed by atoms with Gasteiger partial charge in [-0.3, -0.25) is 0 Å². The third kappa shape index (κ3) is 2.31. The van der Waals surface area contributed by atoms with E-state index in [1.807, 2.05) is 0 Å². The van der Waals surface area contributed by atoms with Crippen LogP contribution in [0.4, 0.5) is 0 Å². The number of aliphatic hydroxyl groups is 1. The third-order valence-corrected chi connectivity index (χ3v) is 3.66. The van der Waals surface area contributed by atoms with Gasteiger partial charge in [0, 0.05) is 5.56 Å². The lowest BCUT2D eigenvalue weighted by atomic mass is 9.93. The van der Waals surface area contributed by atoms with Crippen molar-refractivity contribution in [2.75, 3.05) is 0 Å². The fourth-order valence-electron chi connectivity index (χ4n) is 2.48. The molecule has 98 valence electrons. The van der Waals surface area contributed by atoms with Crippen molar-refractivity contribution < 1.29 is 20.1 Å². The maximum absolute atomic E-state index is 10.9. The third-order valence-electron chi connectivity index (χ3n) is 3.38. The summed E-state index contributed by atoms with van der Waals surface area (Å²) >= 11 is 5.90. The molecular weight excluding hydrogens is 256 g/mol. The van der Waals surface area contributed by atoms with Crippen LogP contribution in [-0.4, -0.2) is 21.3 Å². The van der Waals surface area contributed by atoms with Crippen molar-refractivity contribution in [2.45, 2.75) is 38.2 Å². The average molecular weight is 271 g/mol. The average Bonchev–Trinajstić information content (AvgIpc) is 2.55. The summed E-state index contributed by atoms with van der Waals surface area (Å²) < 4.78 is 0. The maximum atomic E-state index is 10.9. The molecule has 2 rings (SSSR count). The van der Waals surface area contributed by atoms with E-state index in [9.17, 15) is 15.0 Å². The van der Waals surface area contributed by atoms with Gasteiger partial charge in [-0.1, -0.05) is 18.0 Å². The lowest BCUT2D eigenvalue weighted by Crippen LogP contribution is -2.14. The molecule has 0 heterocycles. The Kier molecular flexibility index (Phi) is 3.78. The molecule has 0 aromatic heterocycles. The normalized spacial score (nSPS) is 16.8. The van der Waals surface area contributed by atoms with E-state index in [0.29, 0.717) is 6.42 Å². The number of carboxylic acids is 1. The molecule has 1 aliphatic rings. The van der Waals surface area contributed by atoms with E-state index in [0.717, 1.165) is 36.8 Å². The highest BCUT2D eigenvalue weighted by molar-refractivity contribution is 6.32. The number of halogens is 1. The fraction of sp³-hybridized carbons (Fsp3) is 0.462. The van der Waals surface area contributed by atoms with Crippen molar-refractivity contribution >= 4 is 17.6 Å². The molecule has 0 fully saturated rings. The second-order valence-electron chi connectivity index (χ2n) is 4.56. The highest BCUT2D eigenvalue weighted by Crippen LogP contribution is 2.39. The predicted molar refractivity (Wildman–Crippen MR) is 67.0 cm³/mol. The minimum Gasteiger partial charge on any atom is -0.506 e. The first kappa shape index (κ1) is 13.2. The summed E-state index contributed by atoms with van der Waals surface area (Å²) in [6.45, 7) is 0. The van der Waals surface area contributed by atoms with Crippen LogP contribution in [0.2, 0.25) is 5.02 Å². The highest BCUT2D eigenvalue weighted by atomic mass is 35.5. The van der Waals surface area contributed by atoms with Crippen LogP contribution >= 0.6 is 11.6 Å². The predicted octanol–water partition coefficient (Wildman–Crippen LogP) is 2.43. The van der Waals surface area contributed by atoms with Gasteiger partial charge in [0.2, 0.25) is 0 Å². The molecule has 3 N–H and O–H groups in total. The van der Waals surface area contributed by atoms with Gasteiger partial charge in [-0.25, -0.2) is 4.79 Å². The first-order chi connectivity index (χ1) is 8.52. The Morgan fingerprint density at radius 2 is 1.94 bits per heavy atom. The van der Waals surface area contributed by atoms with Crippen LogP contribution in [0.25, 0.3) is 0 Å². The second kappa shape index (κ2) is 5.16. The van der Waals surface area contributed by atoms with Gasteiger partial charge in [0.05, 0.1) is 5.02 Å². The van der Waals surface area contributed by atoms with Crippen molar-refractivity contribution in [2.24, 2.45) is 0 Å². The molecule has 1 atom stereocenters. The Morgan fingerprint density at radius 1 is 1.28 bits per heavy atom. The molecule has 1 unspecified atom stereocenters. The molecule has 18 heavy (non-hydrogen) atoms. The van der Waals surface area contributed by atoms with E-state index >= 15 is 0 Å². The number of carboxylic acid groups (broad SMARTS) is 1. The summed E-state index contributed by atoms with van der Waals surface area (Å²) in [4.78, 5) is 10.9. The number of aliphatic carboxylic acids is 1. The first-order valence-corrected chi connectivity index (χ1v) is 6.34. The zero-order valence-electron chi connectivity index (χ0n) is 9.82. The molecule has 0 amide bonds. The SMILES string of the molecule is O=C(O)C(O)c1c(O)c(Cl)cc2c1CCCCC2. The number of aryl methyl sites for hydroxylation is 1. The molecule has 0 bridgehead atoms. The molecule has 0 saturated heterocycles. The van der Waals surface area contributed by atoms with Crippen molar-refractivity contribution in [1.29, 1.82) is 0 Å². The van der Waals surface area contributed by atoms with Crippen LogP contribution in [0.5, 0.6) is 5.75 Å². The molecule has 5 heteroatoms. The smallest absolute Gasteiger partial charge is 0.337 e. The number of aliphatic hydroxyl groups excluding tert-OH is 1.